The lowest BCUT2D eigenvalue weighted by atomic mass is 10.1. The molecule has 0 radical (unpaired) electrons. The summed E-state index contributed by atoms with van der Waals surface area (Å²) < 4.78 is 40.1. The number of halogens is 3. The Labute approximate surface area is 117 Å². The van der Waals surface area contributed by atoms with E-state index in [4.69, 9.17) is 5.11 Å². The quantitative estimate of drug-likeness (QED) is 0.885. The lowest BCUT2D eigenvalue weighted by Gasteiger charge is -2.09. The Bertz CT molecular complexity index is 761. The molecule has 1 aromatic heterocycles. The molecule has 21 heavy (non-hydrogen) atoms. The lowest BCUT2D eigenvalue weighted by Crippen LogP contribution is -2.27. The first-order valence-corrected chi connectivity index (χ1v) is 5.87. The minimum absolute atomic E-state index is 0.00967. The molecule has 1 heterocycles. The van der Waals surface area contributed by atoms with Crippen molar-refractivity contribution in [3.05, 3.63) is 68.9 Å². The Hall–Kier alpha value is -2.57. The van der Waals surface area contributed by atoms with Crippen LogP contribution in [0.25, 0.3) is 0 Å². The van der Waals surface area contributed by atoms with E-state index in [1.165, 1.54) is 12.3 Å². The highest BCUT2D eigenvalue weighted by Crippen LogP contribution is 2.14. The smallest absolute Gasteiger partial charge is 0.341 e. The molecule has 2 rings (SSSR count). The maximum atomic E-state index is 13.1. The van der Waals surface area contributed by atoms with Crippen LogP contribution in [0.2, 0.25) is 0 Å². The van der Waals surface area contributed by atoms with Gasteiger partial charge in [-0.2, -0.15) is 0 Å². The van der Waals surface area contributed by atoms with E-state index < -0.39 is 34.5 Å². The molecule has 0 spiro atoms. The van der Waals surface area contributed by atoms with Gasteiger partial charge in [0.25, 0.3) is 5.56 Å². The molecule has 0 saturated heterocycles. The third-order valence-electron chi connectivity index (χ3n) is 2.85. The molecule has 0 bridgehead atoms. The second kappa shape index (κ2) is 5.43. The number of pyridine rings is 1. The molecule has 0 atom stereocenters. The van der Waals surface area contributed by atoms with E-state index in [0.29, 0.717) is 5.56 Å². The first-order valence-electron chi connectivity index (χ1n) is 5.87. The van der Waals surface area contributed by atoms with E-state index in [1.54, 1.807) is 6.92 Å². The van der Waals surface area contributed by atoms with Gasteiger partial charge in [-0.1, -0.05) is 0 Å². The molecule has 0 aliphatic carbocycles. The van der Waals surface area contributed by atoms with E-state index >= 15 is 0 Å². The summed E-state index contributed by atoms with van der Waals surface area (Å²) in [6.07, 6.45) is 1.36. The zero-order valence-electron chi connectivity index (χ0n) is 10.9. The van der Waals surface area contributed by atoms with E-state index in [1.807, 2.05) is 0 Å². The number of benzene rings is 1. The van der Waals surface area contributed by atoms with Crippen molar-refractivity contribution < 1.29 is 23.1 Å². The second-order valence-corrected chi connectivity index (χ2v) is 4.54. The predicted molar refractivity (Wildman–Crippen MR) is 67.8 cm³/mol. The first kappa shape index (κ1) is 14.8. The number of carboxylic acids is 1. The highest BCUT2D eigenvalue weighted by molar-refractivity contribution is 5.87. The van der Waals surface area contributed by atoms with Crippen LogP contribution >= 0.6 is 0 Å². The largest absolute Gasteiger partial charge is 0.477 e. The Kier molecular flexibility index (Phi) is 3.84. The number of carbonyl (C=O) groups is 1. The van der Waals surface area contributed by atoms with Gasteiger partial charge in [0.1, 0.15) is 5.56 Å². The van der Waals surface area contributed by atoms with Gasteiger partial charge in [-0.25, -0.2) is 18.0 Å². The van der Waals surface area contributed by atoms with Crippen molar-refractivity contribution in [3.8, 4) is 0 Å². The Balaban J connectivity index is 2.50. The van der Waals surface area contributed by atoms with Crippen molar-refractivity contribution in [1.82, 2.24) is 4.57 Å². The summed E-state index contributed by atoms with van der Waals surface area (Å²) in [6, 6.07) is 2.72. The van der Waals surface area contributed by atoms with Crippen LogP contribution in [0.1, 0.15) is 21.5 Å². The molecule has 0 fully saturated rings. The molecule has 0 saturated carbocycles. The lowest BCUT2D eigenvalue weighted by molar-refractivity contribution is 0.0694. The SMILES string of the molecule is Cc1cc(C(=O)O)c(=O)n(Cc2cc(F)c(F)c(F)c2)c1. The van der Waals surface area contributed by atoms with Crippen LogP contribution in [-0.2, 0) is 6.54 Å². The molecular weight excluding hydrogens is 287 g/mol. The number of carboxylic acid groups (broad SMARTS) is 1. The van der Waals surface area contributed by atoms with Crippen molar-refractivity contribution in [3.63, 3.8) is 0 Å². The molecule has 1 aromatic carbocycles. The van der Waals surface area contributed by atoms with Gasteiger partial charge in [0, 0.05) is 6.20 Å². The number of rotatable bonds is 3. The third-order valence-corrected chi connectivity index (χ3v) is 2.85. The monoisotopic (exact) mass is 297 g/mol. The summed E-state index contributed by atoms with van der Waals surface area (Å²) in [5.74, 6) is -5.73. The third kappa shape index (κ3) is 2.96. The summed E-state index contributed by atoms with van der Waals surface area (Å²) in [5.41, 5.74) is -0.748. The molecule has 0 unspecified atom stereocenters. The van der Waals surface area contributed by atoms with Crippen molar-refractivity contribution in [2.75, 3.05) is 0 Å². The molecule has 2 aromatic rings. The zero-order valence-corrected chi connectivity index (χ0v) is 10.9. The standard InChI is InChI=1S/C14H10F3NO3/c1-7-2-9(14(20)21)13(19)18(5-7)6-8-3-10(15)12(17)11(16)4-8/h2-5H,6H2,1H3,(H,20,21). The summed E-state index contributed by atoms with van der Waals surface area (Å²) in [7, 11) is 0. The van der Waals surface area contributed by atoms with Gasteiger partial charge in [-0.15, -0.1) is 0 Å². The van der Waals surface area contributed by atoms with Crippen LogP contribution in [0.15, 0.2) is 29.2 Å². The average molecular weight is 297 g/mol. The first-order chi connectivity index (χ1) is 9.79. The van der Waals surface area contributed by atoms with Gasteiger partial charge in [0.15, 0.2) is 17.5 Å². The Morgan fingerprint density at radius 2 is 1.76 bits per heavy atom. The molecule has 0 aliphatic rings. The molecule has 7 heteroatoms. The van der Waals surface area contributed by atoms with Crippen LogP contribution in [0.3, 0.4) is 0 Å². The molecule has 110 valence electrons. The number of aromatic carboxylic acids is 1. The van der Waals surface area contributed by atoms with Crippen molar-refractivity contribution in [2.24, 2.45) is 0 Å². The van der Waals surface area contributed by atoms with Crippen molar-refractivity contribution in [2.45, 2.75) is 13.5 Å². The minimum atomic E-state index is -1.60. The van der Waals surface area contributed by atoms with E-state index in [0.717, 1.165) is 16.7 Å². The van der Waals surface area contributed by atoms with Crippen molar-refractivity contribution >= 4 is 5.97 Å². The molecular formula is C14H10F3NO3. The van der Waals surface area contributed by atoms with Gasteiger partial charge in [-0.3, -0.25) is 4.79 Å². The number of nitrogens with zero attached hydrogens (tertiary/aromatic N) is 1. The van der Waals surface area contributed by atoms with Gasteiger partial charge in [0.2, 0.25) is 0 Å². The average Bonchev–Trinajstić information content (AvgIpc) is 2.39. The molecule has 4 nitrogen and oxygen atoms in total. The topological polar surface area (TPSA) is 59.3 Å². The van der Waals surface area contributed by atoms with Crippen LogP contribution < -0.4 is 5.56 Å². The Morgan fingerprint density at radius 1 is 1.19 bits per heavy atom. The highest BCUT2D eigenvalue weighted by atomic mass is 19.2. The summed E-state index contributed by atoms with van der Waals surface area (Å²) >= 11 is 0. The van der Waals surface area contributed by atoms with Gasteiger partial charge >= 0.3 is 5.97 Å². The summed E-state index contributed by atoms with van der Waals surface area (Å²) in [6.45, 7) is 1.31. The van der Waals surface area contributed by atoms with Crippen LogP contribution in [0.4, 0.5) is 13.2 Å². The molecule has 0 aliphatic heterocycles. The molecule has 1 N–H and O–H groups in total. The molecule has 0 amide bonds. The Morgan fingerprint density at radius 3 is 2.29 bits per heavy atom. The second-order valence-electron chi connectivity index (χ2n) is 4.54. The van der Waals surface area contributed by atoms with Crippen molar-refractivity contribution in [1.29, 1.82) is 0 Å². The highest BCUT2D eigenvalue weighted by Gasteiger charge is 2.14. The van der Waals surface area contributed by atoms with Crippen LogP contribution in [0.5, 0.6) is 0 Å². The van der Waals surface area contributed by atoms with Crippen LogP contribution in [-0.4, -0.2) is 15.6 Å². The predicted octanol–water partition coefficient (Wildman–Crippen LogP) is 2.32. The maximum absolute atomic E-state index is 13.1. The van der Waals surface area contributed by atoms with Crippen LogP contribution in [0, 0.1) is 24.4 Å². The van der Waals surface area contributed by atoms with Gasteiger partial charge in [-0.05, 0) is 36.2 Å². The van der Waals surface area contributed by atoms with E-state index in [9.17, 15) is 22.8 Å². The fourth-order valence-electron chi connectivity index (χ4n) is 1.95. The normalized spacial score (nSPS) is 10.7. The summed E-state index contributed by atoms with van der Waals surface area (Å²) in [4.78, 5) is 22.9. The van der Waals surface area contributed by atoms with E-state index in [-0.39, 0.29) is 12.1 Å². The van der Waals surface area contributed by atoms with Gasteiger partial charge < -0.3 is 9.67 Å². The number of aryl methyl sites for hydroxylation is 1. The van der Waals surface area contributed by atoms with Gasteiger partial charge in [0.05, 0.1) is 6.54 Å². The maximum Gasteiger partial charge on any atom is 0.341 e. The summed E-state index contributed by atoms with van der Waals surface area (Å²) in [5, 5.41) is 8.92. The number of hydrogen-bond acceptors (Lipinski definition) is 2. The van der Waals surface area contributed by atoms with E-state index in [2.05, 4.69) is 0 Å². The minimum Gasteiger partial charge on any atom is -0.477 e. The number of hydrogen-bond donors (Lipinski definition) is 1. The fraction of sp³-hybridized carbons (Fsp3) is 0.143. The zero-order chi connectivity index (χ0) is 15.7. The fourth-order valence-corrected chi connectivity index (χ4v) is 1.95. The number of aromatic nitrogens is 1.